The molecule has 102 valence electrons. The minimum absolute atomic E-state index is 0.104. The maximum absolute atomic E-state index is 5.85. The van der Waals surface area contributed by atoms with Crippen LogP contribution in [0.25, 0.3) is 0 Å². The van der Waals surface area contributed by atoms with E-state index in [0.29, 0.717) is 6.04 Å². The Balaban J connectivity index is 2.16. The van der Waals surface area contributed by atoms with Crippen molar-refractivity contribution in [1.29, 1.82) is 0 Å². The van der Waals surface area contributed by atoms with E-state index in [-0.39, 0.29) is 5.60 Å². The van der Waals surface area contributed by atoms with E-state index in [9.17, 15) is 0 Å². The summed E-state index contributed by atoms with van der Waals surface area (Å²) in [4.78, 5) is 5.95. The second-order valence-electron chi connectivity index (χ2n) is 5.11. The predicted octanol–water partition coefficient (Wildman–Crippen LogP) is 3.62. The van der Waals surface area contributed by atoms with Crippen molar-refractivity contribution in [3.8, 4) is 0 Å². The van der Waals surface area contributed by atoms with E-state index in [4.69, 9.17) is 4.74 Å². The van der Waals surface area contributed by atoms with Gasteiger partial charge in [-0.2, -0.15) is 0 Å². The molecule has 0 radical (unpaired) electrons. The van der Waals surface area contributed by atoms with Gasteiger partial charge in [-0.1, -0.05) is 26.2 Å². The molecule has 1 aliphatic rings. The average molecular weight is 268 g/mol. The van der Waals surface area contributed by atoms with Gasteiger partial charge < -0.3 is 10.1 Å². The quantitative estimate of drug-likeness (QED) is 0.885. The number of hydrogen-bond donors (Lipinski definition) is 1. The molecule has 1 N–H and O–H groups in total. The zero-order valence-corrected chi connectivity index (χ0v) is 12.5. The Morgan fingerprint density at radius 2 is 2.17 bits per heavy atom. The largest absolute Gasteiger partial charge is 0.371 e. The van der Waals surface area contributed by atoms with Gasteiger partial charge in [0, 0.05) is 24.2 Å². The van der Waals surface area contributed by atoms with E-state index in [0.717, 1.165) is 19.4 Å². The fourth-order valence-electron chi connectivity index (χ4n) is 2.73. The minimum Gasteiger partial charge on any atom is -0.371 e. The third-order valence-corrected chi connectivity index (χ3v) is 5.27. The summed E-state index contributed by atoms with van der Waals surface area (Å²) in [5.41, 5.74) is -0.104. The summed E-state index contributed by atoms with van der Waals surface area (Å²) in [6.45, 7) is 5.32. The average Bonchev–Trinajstić information content (AvgIpc) is 2.90. The third-order valence-electron chi connectivity index (χ3n) is 3.90. The summed E-state index contributed by atoms with van der Waals surface area (Å²) >= 11 is 1.81. The van der Waals surface area contributed by atoms with E-state index in [2.05, 4.69) is 24.1 Å². The monoisotopic (exact) mass is 268 g/mol. The Hall–Kier alpha value is -0.450. The van der Waals surface area contributed by atoms with Crippen LogP contribution in [-0.4, -0.2) is 18.6 Å². The van der Waals surface area contributed by atoms with Crippen LogP contribution < -0.4 is 5.32 Å². The van der Waals surface area contributed by atoms with Crippen molar-refractivity contribution in [2.45, 2.75) is 57.6 Å². The molecule has 0 spiro atoms. The smallest absolute Gasteiger partial charge is 0.125 e. The fourth-order valence-corrected chi connectivity index (χ4v) is 3.90. The predicted molar refractivity (Wildman–Crippen MR) is 76.0 cm³/mol. The number of hydrogen-bond acceptors (Lipinski definition) is 4. The second kappa shape index (κ2) is 6.13. The number of methoxy groups -OCH3 is 1. The first-order chi connectivity index (χ1) is 8.72. The Morgan fingerprint density at radius 3 is 2.78 bits per heavy atom. The van der Waals surface area contributed by atoms with E-state index >= 15 is 0 Å². The molecule has 0 bridgehead atoms. The van der Waals surface area contributed by atoms with Crippen LogP contribution >= 0.6 is 11.3 Å². The van der Waals surface area contributed by atoms with Crippen LogP contribution in [0.5, 0.6) is 0 Å². The number of aromatic nitrogens is 1. The molecule has 1 atom stereocenters. The van der Waals surface area contributed by atoms with Gasteiger partial charge in [-0.05, 0) is 26.3 Å². The molecule has 4 heteroatoms. The van der Waals surface area contributed by atoms with E-state index in [1.807, 2.05) is 24.6 Å². The van der Waals surface area contributed by atoms with Crippen molar-refractivity contribution in [3.05, 3.63) is 16.1 Å². The van der Waals surface area contributed by atoms with Crippen molar-refractivity contribution >= 4 is 11.3 Å². The molecule has 1 aliphatic carbocycles. The zero-order chi connectivity index (χ0) is 13.0. The van der Waals surface area contributed by atoms with Gasteiger partial charge in [0.1, 0.15) is 10.6 Å². The minimum atomic E-state index is -0.104. The summed E-state index contributed by atoms with van der Waals surface area (Å²) in [6.07, 6.45) is 8.09. The van der Waals surface area contributed by atoms with Gasteiger partial charge in [-0.3, -0.25) is 0 Å². The number of rotatable bonds is 5. The van der Waals surface area contributed by atoms with Crippen molar-refractivity contribution in [1.82, 2.24) is 10.3 Å². The number of thiazole rings is 1. The summed E-state index contributed by atoms with van der Waals surface area (Å²) in [5.74, 6) is 0. The van der Waals surface area contributed by atoms with Crippen molar-refractivity contribution in [2.75, 3.05) is 13.7 Å². The first-order valence-corrected chi connectivity index (χ1v) is 7.78. The topological polar surface area (TPSA) is 34.2 Å². The van der Waals surface area contributed by atoms with Gasteiger partial charge in [0.2, 0.25) is 0 Å². The van der Waals surface area contributed by atoms with Crippen molar-refractivity contribution in [2.24, 2.45) is 0 Å². The first-order valence-electron chi connectivity index (χ1n) is 6.96. The molecule has 3 nitrogen and oxygen atoms in total. The molecule has 0 aromatic carbocycles. The highest BCUT2D eigenvalue weighted by atomic mass is 32.1. The fraction of sp³-hybridized carbons (Fsp3) is 0.786. The van der Waals surface area contributed by atoms with Crippen LogP contribution in [0.4, 0.5) is 0 Å². The Labute approximate surface area is 114 Å². The summed E-state index contributed by atoms with van der Waals surface area (Å²) < 4.78 is 5.85. The van der Waals surface area contributed by atoms with E-state index in [1.165, 1.54) is 29.1 Å². The highest BCUT2D eigenvalue weighted by Gasteiger charge is 2.36. The highest BCUT2D eigenvalue weighted by molar-refractivity contribution is 7.11. The van der Waals surface area contributed by atoms with E-state index in [1.54, 1.807) is 0 Å². The van der Waals surface area contributed by atoms with Gasteiger partial charge in [0.25, 0.3) is 0 Å². The molecule has 0 aliphatic heterocycles. The number of nitrogens with one attached hydrogen (secondary N) is 1. The molecule has 1 heterocycles. The lowest BCUT2D eigenvalue weighted by atomic mass is 9.85. The molecular weight excluding hydrogens is 244 g/mol. The molecular formula is C14H24N2OS. The van der Waals surface area contributed by atoms with Gasteiger partial charge in [-0.15, -0.1) is 11.3 Å². The second-order valence-corrected chi connectivity index (χ2v) is 6.17. The number of ether oxygens (including phenoxy) is 1. The van der Waals surface area contributed by atoms with Crippen LogP contribution in [0.15, 0.2) is 6.20 Å². The Kier molecular flexibility index (Phi) is 4.76. The van der Waals surface area contributed by atoms with Crippen LogP contribution in [0.2, 0.25) is 0 Å². The maximum atomic E-state index is 5.85. The van der Waals surface area contributed by atoms with Crippen LogP contribution in [0.1, 0.15) is 61.9 Å². The lowest BCUT2D eigenvalue weighted by Gasteiger charge is -2.34. The standard InChI is InChI=1S/C14H24N2OS/c1-4-15-11(2)12-10-16-13(18-12)14(17-3)8-6-5-7-9-14/h10-11,15H,4-9H2,1-3H3. The van der Waals surface area contributed by atoms with Gasteiger partial charge in [0.15, 0.2) is 0 Å². The van der Waals surface area contributed by atoms with E-state index < -0.39 is 0 Å². The lowest BCUT2D eigenvalue weighted by molar-refractivity contribution is -0.0446. The van der Waals surface area contributed by atoms with Gasteiger partial charge >= 0.3 is 0 Å². The van der Waals surface area contributed by atoms with Gasteiger partial charge in [-0.25, -0.2) is 4.98 Å². The highest BCUT2D eigenvalue weighted by Crippen LogP contribution is 2.42. The summed E-state index contributed by atoms with van der Waals surface area (Å²) in [5, 5.41) is 4.61. The maximum Gasteiger partial charge on any atom is 0.125 e. The van der Waals surface area contributed by atoms with Crippen LogP contribution in [0, 0.1) is 0 Å². The Morgan fingerprint density at radius 1 is 1.44 bits per heavy atom. The molecule has 2 rings (SSSR count). The molecule has 0 amide bonds. The molecule has 1 aromatic rings. The van der Waals surface area contributed by atoms with Crippen molar-refractivity contribution in [3.63, 3.8) is 0 Å². The normalized spacial score (nSPS) is 20.8. The molecule has 0 saturated heterocycles. The molecule has 1 fully saturated rings. The first kappa shape index (κ1) is 14.0. The summed E-state index contributed by atoms with van der Waals surface area (Å²) in [7, 11) is 1.83. The SMILES string of the molecule is CCNC(C)c1cnc(C2(OC)CCCCC2)s1. The zero-order valence-electron chi connectivity index (χ0n) is 11.7. The Bertz CT molecular complexity index is 372. The molecule has 1 unspecified atom stereocenters. The van der Waals surface area contributed by atoms with Crippen LogP contribution in [-0.2, 0) is 10.3 Å². The molecule has 1 aromatic heterocycles. The molecule has 18 heavy (non-hydrogen) atoms. The third kappa shape index (κ3) is 2.76. The lowest BCUT2D eigenvalue weighted by Crippen LogP contribution is -2.30. The molecule has 1 saturated carbocycles. The summed E-state index contributed by atoms with van der Waals surface area (Å²) in [6, 6.07) is 0.388. The van der Waals surface area contributed by atoms with Crippen molar-refractivity contribution < 1.29 is 4.74 Å². The number of nitrogens with zero attached hydrogens (tertiary/aromatic N) is 1. The van der Waals surface area contributed by atoms with Crippen LogP contribution in [0.3, 0.4) is 0 Å². The van der Waals surface area contributed by atoms with Gasteiger partial charge in [0.05, 0.1) is 0 Å².